The molecule has 1 heterocycles. The van der Waals surface area contributed by atoms with Gasteiger partial charge in [0.15, 0.2) is 0 Å². The molecule has 10 heteroatoms. The summed E-state index contributed by atoms with van der Waals surface area (Å²) >= 11 is 0. The van der Waals surface area contributed by atoms with Crippen molar-refractivity contribution in [2.75, 3.05) is 11.9 Å². The molecule has 1 aromatic heterocycles. The van der Waals surface area contributed by atoms with Gasteiger partial charge in [-0.15, -0.1) is 0 Å². The largest absolute Gasteiger partial charge is 0.462 e. The quantitative estimate of drug-likeness (QED) is 0.488. The second-order valence-corrected chi connectivity index (χ2v) is 9.29. The Bertz CT molecular complexity index is 1260. The fourth-order valence-corrected chi connectivity index (χ4v) is 4.41. The average molecular weight is 471 g/mol. The van der Waals surface area contributed by atoms with Gasteiger partial charge in [0, 0.05) is 17.3 Å². The third kappa shape index (κ3) is 5.65. The standard InChI is InChI=1S/C23H26N4O5S/c1-5-32-23(29)21-14-24-27(16(21)4)19-8-6-7-18(13-19)25-22(28)17-9-11-20(12-10-17)33(30,31)26-15(2)3/h6-15,26H,5H2,1-4H3,(H,25,28). The Morgan fingerprint density at radius 1 is 1.12 bits per heavy atom. The van der Waals surface area contributed by atoms with Gasteiger partial charge in [0.2, 0.25) is 10.0 Å². The van der Waals surface area contributed by atoms with Crippen molar-refractivity contribution in [1.82, 2.24) is 14.5 Å². The Kier molecular flexibility index (Phi) is 7.29. The van der Waals surface area contributed by atoms with E-state index < -0.39 is 21.9 Å². The van der Waals surface area contributed by atoms with Crippen LogP contribution in [0.1, 0.15) is 47.2 Å². The molecule has 0 radical (unpaired) electrons. The van der Waals surface area contributed by atoms with Crippen LogP contribution in [-0.2, 0) is 14.8 Å². The van der Waals surface area contributed by atoms with Gasteiger partial charge in [-0.2, -0.15) is 5.10 Å². The molecule has 0 spiro atoms. The zero-order chi connectivity index (χ0) is 24.2. The fourth-order valence-electron chi connectivity index (χ4n) is 3.16. The number of amides is 1. The Morgan fingerprint density at radius 3 is 2.45 bits per heavy atom. The lowest BCUT2D eigenvalue weighted by atomic mass is 10.2. The highest BCUT2D eigenvalue weighted by Gasteiger charge is 2.18. The van der Waals surface area contributed by atoms with E-state index in [-0.39, 0.29) is 17.5 Å². The Balaban J connectivity index is 1.77. The summed E-state index contributed by atoms with van der Waals surface area (Å²) < 4.78 is 33.6. The molecule has 2 N–H and O–H groups in total. The molecular weight excluding hydrogens is 444 g/mol. The number of hydrogen-bond donors (Lipinski definition) is 2. The van der Waals surface area contributed by atoms with Crippen LogP contribution in [-0.4, -0.2) is 42.7 Å². The van der Waals surface area contributed by atoms with Crippen molar-refractivity contribution in [2.24, 2.45) is 0 Å². The van der Waals surface area contributed by atoms with Gasteiger partial charge >= 0.3 is 5.97 Å². The smallest absolute Gasteiger partial charge is 0.341 e. The number of aromatic nitrogens is 2. The molecule has 0 aliphatic carbocycles. The van der Waals surface area contributed by atoms with Crippen LogP contribution in [0.3, 0.4) is 0 Å². The first kappa shape index (κ1) is 24.1. The topological polar surface area (TPSA) is 119 Å². The van der Waals surface area contributed by atoms with E-state index in [0.29, 0.717) is 28.2 Å². The van der Waals surface area contributed by atoms with Crippen LogP contribution in [0.5, 0.6) is 0 Å². The van der Waals surface area contributed by atoms with E-state index in [1.165, 1.54) is 30.5 Å². The number of carbonyl (C=O) groups is 2. The van der Waals surface area contributed by atoms with E-state index in [1.807, 2.05) is 0 Å². The Hall–Kier alpha value is -3.50. The number of rotatable bonds is 8. The van der Waals surface area contributed by atoms with Crippen molar-refractivity contribution in [1.29, 1.82) is 0 Å². The van der Waals surface area contributed by atoms with Gasteiger partial charge in [0.1, 0.15) is 5.56 Å². The monoisotopic (exact) mass is 470 g/mol. The van der Waals surface area contributed by atoms with Crippen LogP contribution < -0.4 is 10.0 Å². The van der Waals surface area contributed by atoms with Crippen molar-refractivity contribution < 1.29 is 22.7 Å². The molecule has 0 aliphatic rings. The summed E-state index contributed by atoms with van der Waals surface area (Å²) in [7, 11) is -3.63. The minimum Gasteiger partial charge on any atom is -0.462 e. The number of ether oxygens (including phenoxy) is 1. The maximum Gasteiger partial charge on any atom is 0.341 e. The highest BCUT2D eigenvalue weighted by Crippen LogP contribution is 2.20. The Morgan fingerprint density at radius 2 is 1.82 bits per heavy atom. The molecule has 1 amide bonds. The molecule has 0 unspecified atom stereocenters. The summed E-state index contributed by atoms with van der Waals surface area (Å²) in [6.45, 7) is 7.23. The van der Waals surface area contributed by atoms with Crippen LogP contribution in [0.2, 0.25) is 0 Å². The van der Waals surface area contributed by atoms with Gasteiger partial charge in [0.05, 0.1) is 29.1 Å². The number of hydrogen-bond acceptors (Lipinski definition) is 6. The van der Waals surface area contributed by atoms with E-state index >= 15 is 0 Å². The van der Waals surface area contributed by atoms with Crippen molar-refractivity contribution in [3.63, 3.8) is 0 Å². The van der Waals surface area contributed by atoms with E-state index in [2.05, 4.69) is 15.1 Å². The molecule has 3 rings (SSSR count). The first-order valence-corrected chi connectivity index (χ1v) is 11.9. The zero-order valence-electron chi connectivity index (χ0n) is 18.8. The second kappa shape index (κ2) is 9.97. The molecule has 0 atom stereocenters. The molecule has 0 aliphatic heterocycles. The van der Waals surface area contributed by atoms with E-state index in [9.17, 15) is 18.0 Å². The SMILES string of the molecule is CCOC(=O)c1cnn(-c2cccc(NC(=O)c3ccc(S(=O)(=O)NC(C)C)cc3)c2)c1C. The third-order valence-corrected chi connectivity index (χ3v) is 6.35. The second-order valence-electron chi connectivity index (χ2n) is 7.58. The summed E-state index contributed by atoms with van der Waals surface area (Å²) in [5.74, 6) is -0.836. The fraction of sp³-hybridized carbons (Fsp3) is 0.261. The number of benzene rings is 2. The maximum absolute atomic E-state index is 12.7. The van der Waals surface area contributed by atoms with Gasteiger partial charge < -0.3 is 10.1 Å². The van der Waals surface area contributed by atoms with Crippen LogP contribution in [0.15, 0.2) is 59.6 Å². The average Bonchev–Trinajstić information content (AvgIpc) is 3.15. The van der Waals surface area contributed by atoms with Gasteiger partial charge in [-0.05, 0) is 70.2 Å². The lowest BCUT2D eigenvalue weighted by Crippen LogP contribution is -2.30. The first-order valence-electron chi connectivity index (χ1n) is 10.4. The molecular formula is C23H26N4O5S. The normalized spacial score (nSPS) is 11.4. The van der Waals surface area contributed by atoms with Gasteiger partial charge in [-0.25, -0.2) is 22.6 Å². The number of anilines is 1. The summed E-state index contributed by atoms with van der Waals surface area (Å²) in [6, 6.07) is 12.4. The minimum atomic E-state index is -3.63. The lowest BCUT2D eigenvalue weighted by Gasteiger charge is -2.11. The highest BCUT2D eigenvalue weighted by molar-refractivity contribution is 7.89. The van der Waals surface area contributed by atoms with Crippen LogP contribution >= 0.6 is 0 Å². The van der Waals surface area contributed by atoms with E-state index in [4.69, 9.17) is 4.74 Å². The van der Waals surface area contributed by atoms with Crippen LogP contribution in [0, 0.1) is 6.92 Å². The van der Waals surface area contributed by atoms with Crippen LogP contribution in [0.25, 0.3) is 5.69 Å². The number of nitrogens with zero attached hydrogens (tertiary/aromatic N) is 2. The van der Waals surface area contributed by atoms with Gasteiger partial charge in [-0.1, -0.05) is 6.07 Å². The highest BCUT2D eigenvalue weighted by atomic mass is 32.2. The maximum atomic E-state index is 12.7. The van der Waals surface area contributed by atoms with Crippen molar-refractivity contribution in [3.05, 3.63) is 71.5 Å². The summed E-state index contributed by atoms with van der Waals surface area (Å²) in [5, 5.41) is 7.05. The molecule has 9 nitrogen and oxygen atoms in total. The summed E-state index contributed by atoms with van der Waals surface area (Å²) in [6.07, 6.45) is 1.45. The first-order chi connectivity index (χ1) is 15.6. The minimum absolute atomic E-state index is 0.0845. The molecule has 2 aromatic carbocycles. The zero-order valence-corrected chi connectivity index (χ0v) is 19.6. The molecule has 33 heavy (non-hydrogen) atoms. The predicted molar refractivity (Wildman–Crippen MR) is 124 cm³/mol. The Labute approximate surface area is 192 Å². The summed E-state index contributed by atoms with van der Waals surface area (Å²) in [5.41, 5.74) is 2.46. The molecule has 0 saturated heterocycles. The molecule has 3 aromatic rings. The summed E-state index contributed by atoms with van der Waals surface area (Å²) in [4.78, 5) is 24.8. The van der Waals surface area contributed by atoms with Crippen LogP contribution in [0.4, 0.5) is 5.69 Å². The number of esters is 1. The molecule has 174 valence electrons. The number of carbonyl (C=O) groups excluding carboxylic acids is 2. The van der Waals surface area contributed by atoms with Gasteiger partial charge in [-0.3, -0.25) is 4.79 Å². The molecule has 0 bridgehead atoms. The van der Waals surface area contributed by atoms with Crippen molar-refractivity contribution in [3.8, 4) is 5.69 Å². The lowest BCUT2D eigenvalue weighted by molar-refractivity contribution is 0.0525. The van der Waals surface area contributed by atoms with Crippen molar-refractivity contribution in [2.45, 2.75) is 38.6 Å². The van der Waals surface area contributed by atoms with E-state index in [1.54, 1.807) is 56.6 Å². The predicted octanol–water partition coefficient (Wildman–Crippen LogP) is 3.30. The number of sulfonamides is 1. The molecule has 0 fully saturated rings. The molecule has 0 saturated carbocycles. The number of nitrogens with one attached hydrogen (secondary N) is 2. The van der Waals surface area contributed by atoms with E-state index in [0.717, 1.165) is 0 Å². The van der Waals surface area contributed by atoms with Crippen molar-refractivity contribution >= 4 is 27.6 Å². The third-order valence-electron chi connectivity index (χ3n) is 4.67. The van der Waals surface area contributed by atoms with Gasteiger partial charge in [0.25, 0.3) is 5.91 Å².